The van der Waals surface area contributed by atoms with Gasteiger partial charge in [0.1, 0.15) is 17.4 Å². The highest BCUT2D eigenvalue weighted by Gasteiger charge is 2.37. The van der Waals surface area contributed by atoms with Gasteiger partial charge in [-0.05, 0) is 55.2 Å². The number of amides is 1. The van der Waals surface area contributed by atoms with Crippen LogP contribution in [0.15, 0.2) is 47.4 Å². The lowest BCUT2D eigenvalue weighted by Crippen LogP contribution is -2.51. The van der Waals surface area contributed by atoms with Crippen molar-refractivity contribution in [2.24, 2.45) is 0 Å². The molecule has 1 aliphatic heterocycles. The molecule has 10 heteroatoms. The Labute approximate surface area is 186 Å². The van der Waals surface area contributed by atoms with Gasteiger partial charge >= 0.3 is 0 Å². The number of nitrogens with one attached hydrogen (secondary N) is 1. The monoisotopic (exact) mass is 459 g/mol. The predicted molar refractivity (Wildman–Crippen MR) is 118 cm³/mol. The summed E-state index contributed by atoms with van der Waals surface area (Å²) in [5.74, 6) is -0.766. The smallest absolute Gasteiger partial charge is 0.243 e. The number of piperidine rings is 1. The molecule has 32 heavy (non-hydrogen) atoms. The minimum absolute atomic E-state index is 0.0957. The molecule has 0 spiro atoms. The quantitative estimate of drug-likeness (QED) is 0.586. The second-order valence-corrected chi connectivity index (χ2v) is 9.83. The second-order valence-electron chi connectivity index (χ2n) is 7.94. The van der Waals surface area contributed by atoms with Crippen LogP contribution in [0, 0.1) is 5.82 Å². The van der Waals surface area contributed by atoms with Gasteiger partial charge < -0.3 is 5.32 Å². The Kier molecular flexibility index (Phi) is 6.52. The number of aryl methyl sites for hydroxylation is 1. The molecule has 1 N–H and O–H groups in total. The standard InChI is InChI=1S/C22H26FN5O3S/c1-2-11-27-20-10-9-18(14-19(20)25-26-27)32(30,31)28-12-4-3-8-21(28)22(29)24-15-16-6-5-7-17(23)13-16/h5-7,9-10,13-14,21H,2-4,8,11-12,15H2,1H3,(H,24,29)/t21-/m0/s1. The number of aromatic nitrogens is 3. The highest BCUT2D eigenvalue weighted by Crippen LogP contribution is 2.27. The fourth-order valence-electron chi connectivity index (χ4n) is 4.03. The Morgan fingerprint density at radius 2 is 2.06 bits per heavy atom. The summed E-state index contributed by atoms with van der Waals surface area (Å²) >= 11 is 0. The summed E-state index contributed by atoms with van der Waals surface area (Å²) in [5, 5.41) is 11.0. The van der Waals surface area contributed by atoms with E-state index in [0.29, 0.717) is 30.5 Å². The van der Waals surface area contributed by atoms with Crippen LogP contribution in [0.3, 0.4) is 0 Å². The van der Waals surface area contributed by atoms with Gasteiger partial charge in [-0.25, -0.2) is 17.5 Å². The number of hydrogen-bond acceptors (Lipinski definition) is 5. The first-order chi connectivity index (χ1) is 15.4. The van der Waals surface area contributed by atoms with Crippen molar-refractivity contribution in [2.45, 2.75) is 56.6 Å². The molecule has 0 unspecified atom stereocenters. The molecule has 1 atom stereocenters. The molecule has 170 valence electrons. The zero-order valence-corrected chi connectivity index (χ0v) is 18.7. The van der Waals surface area contributed by atoms with Gasteiger partial charge in [-0.3, -0.25) is 4.79 Å². The van der Waals surface area contributed by atoms with Crippen molar-refractivity contribution < 1.29 is 17.6 Å². The van der Waals surface area contributed by atoms with E-state index in [-0.39, 0.29) is 29.7 Å². The van der Waals surface area contributed by atoms with Crippen LogP contribution >= 0.6 is 0 Å². The minimum atomic E-state index is -3.90. The first-order valence-corrected chi connectivity index (χ1v) is 12.2. The summed E-state index contributed by atoms with van der Waals surface area (Å²) in [6.07, 6.45) is 2.76. The van der Waals surface area contributed by atoms with Crippen LogP contribution in [0.1, 0.15) is 38.2 Å². The number of fused-ring (bicyclic) bond motifs is 1. The number of carbonyl (C=O) groups excluding carboxylic acids is 1. The first kappa shape index (κ1) is 22.3. The van der Waals surface area contributed by atoms with E-state index in [9.17, 15) is 17.6 Å². The van der Waals surface area contributed by atoms with Gasteiger partial charge in [0.05, 0.1) is 10.4 Å². The zero-order chi connectivity index (χ0) is 22.7. The van der Waals surface area contributed by atoms with Crippen LogP contribution in [-0.2, 0) is 27.9 Å². The Morgan fingerprint density at radius 1 is 1.22 bits per heavy atom. The number of rotatable bonds is 7. The molecule has 1 amide bonds. The van der Waals surface area contributed by atoms with Crippen LogP contribution in [0.2, 0.25) is 0 Å². The molecule has 1 saturated heterocycles. The summed E-state index contributed by atoms with van der Waals surface area (Å²) in [6, 6.07) is 9.91. The van der Waals surface area contributed by atoms with E-state index in [1.54, 1.807) is 28.9 Å². The molecule has 0 radical (unpaired) electrons. The van der Waals surface area contributed by atoms with E-state index in [4.69, 9.17) is 0 Å². The number of carbonyl (C=O) groups is 1. The number of benzene rings is 2. The van der Waals surface area contributed by atoms with Gasteiger partial charge in [0.15, 0.2) is 0 Å². The fourth-order valence-corrected chi connectivity index (χ4v) is 5.71. The number of sulfonamides is 1. The Bertz CT molecular complexity index is 1230. The van der Waals surface area contributed by atoms with E-state index in [2.05, 4.69) is 15.6 Å². The maximum atomic E-state index is 13.4. The zero-order valence-electron chi connectivity index (χ0n) is 17.9. The highest BCUT2D eigenvalue weighted by atomic mass is 32.2. The van der Waals surface area contributed by atoms with Gasteiger partial charge in [0.2, 0.25) is 15.9 Å². The largest absolute Gasteiger partial charge is 0.351 e. The maximum Gasteiger partial charge on any atom is 0.243 e. The molecule has 2 aromatic carbocycles. The molecule has 1 fully saturated rings. The van der Waals surface area contributed by atoms with Crippen LogP contribution < -0.4 is 5.32 Å². The molecular weight excluding hydrogens is 433 g/mol. The molecular formula is C22H26FN5O3S. The van der Waals surface area contributed by atoms with Crippen molar-refractivity contribution in [2.75, 3.05) is 6.54 Å². The van der Waals surface area contributed by atoms with Crippen molar-refractivity contribution in [3.63, 3.8) is 0 Å². The summed E-state index contributed by atoms with van der Waals surface area (Å²) < 4.78 is 43.3. The molecule has 4 rings (SSSR count). The van der Waals surface area contributed by atoms with Crippen molar-refractivity contribution in [3.05, 3.63) is 53.8 Å². The number of hydrogen-bond donors (Lipinski definition) is 1. The van der Waals surface area contributed by atoms with Crippen LogP contribution in [-0.4, -0.2) is 46.2 Å². The van der Waals surface area contributed by atoms with Gasteiger partial charge in [-0.2, -0.15) is 4.31 Å². The number of halogens is 1. The molecule has 0 saturated carbocycles. The third kappa shape index (κ3) is 4.51. The van der Waals surface area contributed by atoms with Crippen LogP contribution in [0.4, 0.5) is 4.39 Å². The Morgan fingerprint density at radius 3 is 2.84 bits per heavy atom. The predicted octanol–water partition coefficient (Wildman–Crippen LogP) is 2.84. The SMILES string of the molecule is CCCn1nnc2cc(S(=O)(=O)N3CCCC[C@H]3C(=O)NCc3cccc(F)c3)ccc21. The van der Waals surface area contributed by atoms with Crippen molar-refractivity contribution in [1.29, 1.82) is 0 Å². The molecule has 8 nitrogen and oxygen atoms in total. The van der Waals surface area contributed by atoms with E-state index < -0.39 is 16.1 Å². The molecule has 1 aromatic heterocycles. The van der Waals surface area contributed by atoms with Crippen molar-refractivity contribution in [3.8, 4) is 0 Å². The normalized spacial score (nSPS) is 17.5. The summed E-state index contributed by atoms with van der Waals surface area (Å²) in [5.41, 5.74) is 1.89. The molecule has 2 heterocycles. The third-order valence-electron chi connectivity index (χ3n) is 5.64. The average Bonchev–Trinajstić information content (AvgIpc) is 3.20. The summed E-state index contributed by atoms with van der Waals surface area (Å²) in [6.45, 7) is 3.12. The summed E-state index contributed by atoms with van der Waals surface area (Å²) in [7, 11) is -3.90. The van der Waals surface area contributed by atoms with Crippen molar-refractivity contribution in [1.82, 2.24) is 24.6 Å². The number of nitrogens with zero attached hydrogens (tertiary/aromatic N) is 4. The van der Waals surface area contributed by atoms with Gasteiger partial charge in [-0.15, -0.1) is 5.10 Å². The molecule has 0 bridgehead atoms. The Balaban J connectivity index is 1.55. The lowest BCUT2D eigenvalue weighted by molar-refractivity contribution is -0.125. The van der Waals surface area contributed by atoms with Gasteiger partial charge in [0.25, 0.3) is 0 Å². The molecule has 1 aliphatic rings. The van der Waals surface area contributed by atoms with E-state index in [1.165, 1.54) is 22.5 Å². The highest BCUT2D eigenvalue weighted by molar-refractivity contribution is 7.89. The van der Waals surface area contributed by atoms with E-state index >= 15 is 0 Å². The van der Waals surface area contributed by atoms with Crippen molar-refractivity contribution >= 4 is 27.0 Å². The minimum Gasteiger partial charge on any atom is -0.351 e. The maximum absolute atomic E-state index is 13.4. The summed E-state index contributed by atoms with van der Waals surface area (Å²) in [4.78, 5) is 13.0. The van der Waals surface area contributed by atoms with E-state index in [1.807, 2.05) is 6.92 Å². The van der Waals surface area contributed by atoms with Gasteiger partial charge in [0, 0.05) is 19.6 Å². The molecule has 0 aliphatic carbocycles. The average molecular weight is 460 g/mol. The van der Waals surface area contributed by atoms with Crippen LogP contribution in [0.25, 0.3) is 11.0 Å². The van der Waals surface area contributed by atoms with E-state index in [0.717, 1.165) is 18.4 Å². The lowest BCUT2D eigenvalue weighted by atomic mass is 10.0. The second kappa shape index (κ2) is 9.33. The van der Waals surface area contributed by atoms with Gasteiger partial charge in [-0.1, -0.05) is 30.7 Å². The lowest BCUT2D eigenvalue weighted by Gasteiger charge is -2.33. The topological polar surface area (TPSA) is 97.2 Å². The first-order valence-electron chi connectivity index (χ1n) is 10.8. The molecule has 3 aromatic rings. The fraction of sp³-hybridized carbons (Fsp3) is 0.409. The third-order valence-corrected chi connectivity index (χ3v) is 7.54. The Hall–Kier alpha value is -2.85. The van der Waals surface area contributed by atoms with Crippen LogP contribution in [0.5, 0.6) is 0 Å².